The van der Waals surface area contributed by atoms with Crippen LogP contribution >= 0.6 is 0 Å². The van der Waals surface area contributed by atoms with Crippen molar-refractivity contribution in [2.45, 2.75) is 6.42 Å². The van der Waals surface area contributed by atoms with Crippen LogP contribution in [0.25, 0.3) is 0 Å². The highest BCUT2D eigenvalue weighted by Crippen LogP contribution is 2.11. The quantitative estimate of drug-likeness (QED) is 0.734. The first-order valence-corrected chi connectivity index (χ1v) is 6.54. The van der Waals surface area contributed by atoms with E-state index < -0.39 is 10.0 Å². The van der Waals surface area contributed by atoms with Gasteiger partial charge >= 0.3 is 0 Å². The molecule has 0 atom stereocenters. The second-order valence-electron chi connectivity index (χ2n) is 3.34. The van der Waals surface area contributed by atoms with Crippen LogP contribution in [-0.2, 0) is 16.4 Å². The van der Waals surface area contributed by atoms with E-state index in [4.69, 9.17) is 5.11 Å². The number of sulfonamides is 1. The highest BCUT2D eigenvalue weighted by molar-refractivity contribution is 7.92. The van der Waals surface area contributed by atoms with Crippen molar-refractivity contribution < 1.29 is 13.5 Å². The third-order valence-electron chi connectivity index (χ3n) is 1.97. The van der Waals surface area contributed by atoms with Crippen LogP contribution in [0.15, 0.2) is 36.9 Å². The first-order valence-electron chi connectivity index (χ1n) is 4.88. The summed E-state index contributed by atoms with van der Waals surface area (Å²) in [6.45, 7) is 3.46. The molecular formula is C11H15NO3S. The molecule has 0 bridgehead atoms. The van der Waals surface area contributed by atoms with Gasteiger partial charge in [-0.2, -0.15) is 0 Å². The highest BCUT2D eigenvalue weighted by Gasteiger charge is 2.06. The van der Waals surface area contributed by atoms with Crippen molar-refractivity contribution in [1.82, 2.24) is 0 Å². The van der Waals surface area contributed by atoms with Gasteiger partial charge in [-0.3, -0.25) is 4.72 Å². The Morgan fingerprint density at radius 1 is 1.31 bits per heavy atom. The van der Waals surface area contributed by atoms with E-state index in [1.54, 1.807) is 24.3 Å². The molecule has 1 rings (SSSR count). The van der Waals surface area contributed by atoms with Crippen molar-refractivity contribution in [3.63, 3.8) is 0 Å². The fourth-order valence-electron chi connectivity index (χ4n) is 1.24. The fraction of sp³-hybridized carbons (Fsp3) is 0.273. The van der Waals surface area contributed by atoms with E-state index >= 15 is 0 Å². The third-order valence-corrected chi connectivity index (χ3v) is 3.19. The van der Waals surface area contributed by atoms with Crippen molar-refractivity contribution in [3.05, 3.63) is 42.5 Å². The van der Waals surface area contributed by atoms with E-state index in [0.717, 1.165) is 5.56 Å². The lowest BCUT2D eigenvalue weighted by atomic mass is 10.1. The van der Waals surface area contributed by atoms with Crippen LogP contribution in [-0.4, -0.2) is 25.9 Å². The van der Waals surface area contributed by atoms with Gasteiger partial charge in [0.15, 0.2) is 0 Å². The Labute approximate surface area is 95.7 Å². The summed E-state index contributed by atoms with van der Waals surface area (Å²) < 4.78 is 25.2. The van der Waals surface area contributed by atoms with E-state index in [1.165, 1.54) is 6.08 Å². The molecule has 0 spiro atoms. The van der Waals surface area contributed by atoms with Gasteiger partial charge in [0.05, 0.1) is 5.75 Å². The average Bonchev–Trinajstić information content (AvgIpc) is 2.21. The zero-order chi connectivity index (χ0) is 12.0. The van der Waals surface area contributed by atoms with Gasteiger partial charge in [0.2, 0.25) is 10.0 Å². The minimum atomic E-state index is -3.33. The van der Waals surface area contributed by atoms with Crippen LogP contribution in [0, 0.1) is 0 Å². The van der Waals surface area contributed by atoms with Gasteiger partial charge in [-0.1, -0.05) is 18.2 Å². The third kappa shape index (κ3) is 4.04. The number of aliphatic hydroxyl groups is 1. The van der Waals surface area contributed by atoms with Gasteiger partial charge in [-0.15, -0.1) is 6.58 Å². The van der Waals surface area contributed by atoms with Gasteiger partial charge in [-0.25, -0.2) is 8.42 Å². The van der Waals surface area contributed by atoms with Crippen LogP contribution in [0.4, 0.5) is 5.69 Å². The molecule has 16 heavy (non-hydrogen) atoms. The summed E-state index contributed by atoms with van der Waals surface area (Å²) in [5.41, 5.74) is 1.48. The second-order valence-corrected chi connectivity index (χ2v) is 5.11. The van der Waals surface area contributed by atoms with Gasteiger partial charge in [0, 0.05) is 12.3 Å². The van der Waals surface area contributed by atoms with Crippen LogP contribution < -0.4 is 4.72 Å². The van der Waals surface area contributed by atoms with Crippen molar-refractivity contribution in [2.24, 2.45) is 0 Å². The lowest BCUT2D eigenvalue weighted by Gasteiger charge is -2.06. The Morgan fingerprint density at radius 3 is 2.44 bits per heavy atom. The van der Waals surface area contributed by atoms with Gasteiger partial charge in [0.25, 0.3) is 0 Å². The Hall–Kier alpha value is -1.33. The summed E-state index contributed by atoms with van der Waals surface area (Å²) in [7, 11) is -3.33. The molecule has 0 aromatic heterocycles. The summed E-state index contributed by atoms with van der Waals surface area (Å²) in [6, 6.07) is 6.90. The standard InChI is InChI=1S/C11H15NO3S/c1-2-9-16(14,15)12-11-5-3-10(4-6-11)7-8-13/h2-6,12-13H,1,7-9H2. The molecule has 0 radical (unpaired) electrons. The average molecular weight is 241 g/mol. The molecule has 0 unspecified atom stereocenters. The van der Waals surface area contributed by atoms with E-state index in [9.17, 15) is 8.42 Å². The van der Waals surface area contributed by atoms with Crippen molar-refractivity contribution in [2.75, 3.05) is 17.1 Å². The SMILES string of the molecule is C=CCS(=O)(=O)Nc1ccc(CCO)cc1. The molecule has 0 saturated carbocycles. The van der Waals surface area contributed by atoms with Crippen LogP contribution in [0.1, 0.15) is 5.56 Å². The van der Waals surface area contributed by atoms with Gasteiger partial charge in [0.1, 0.15) is 0 Å². The second kappa shape index (κ2) is 5.67. The maximum atomic E-state index is 11.4. The highest BCUT2D eigenvalue weighted by atomic mass is 32.2. The zero-order valence-corrected chi connectivity index (χ0v) is 9.70. The van der Waals surface area contributed by atoms with Crippen molar-refractivity contribution in [3.8, 4) is 0 Å². The predicted molar refractivity (Wildman–Crippen MR) is 64.8 cm³/mol. The number of aliphatic hydroxyl groups excluding tert-OH is 1. The first kappa shape index (κ1) is 12.7. The smallest absolute Gasteiger partial charge is 0.236 e. The molecule has 2 N–H and O–H groups in total. The summed E-state index contributed by atoms with van der Waals surface area (Å²) in [5, 5.41) is 8.72. The molecule has 0 aliphatic carbocycles. The number of rotatable bonds is 6. The van der Waals surface area contributed by atoms with Crippen molar-refractivity contribution in [1.29, 1.82) is 0 Å². The minimum Gasteiger partial charge on any atom is -0.396 e. The molecule has 0 fully saturated rings. The minimum absolute atomic E-state index is 0.0849. The molecule has 0 aliphatic heterocycles. The number of benzene rings is 1. The molecule has 88 valence electrons. The largest absolute Gasteiger partial charge is 0.396 e. The molecule has 0 aliphatic rings. The monoisotopic (exact) mass is 241 g/mol. The zero-order valence-electron chi connectivity index (χ0n) is 8.89. The lowest BCUT2D eigenvalue weighted by Crippen LogP contribution is -2.15. The summed E-state index contributed by atoms with van der Waals surface area (Å²) in [5.74, 6) is -0.106. The Bertz CT molecular complexity index is 437. The maximum Gasteiger partial charge on any atom is 0.236 e. The Morgan fingerprint density at radius 2 is 1.94 bits per heavy atom. The van der Waals surface area contributed by atoms with Gasteiger partial charge < -0.3 is 5.11 Å². The maximum absolute atomic E-state index is 11.4. The molecule has 1 aromatic rings. The van der Waals surface area contributed by atoms with E-state index in [0.29, 0.717) is 12.1 Å². The number of hydrogen-bond acceptors (Lipinski definition) is 3. The molecule has 0 amide bonds. The summed E-state index contributed by atoms with van der Waals surface area (Å²) >= 11 is 0. The fourth-order valence-corrected chi connectivity index (χ4v) is 2.13. The lowest BCUT2D eigenvalue weighted by molar-refractivity contribution is 0.299. The molecule has 5 heteroatoms. The van der Waals surface area contributed by atoms with E-state index in [2.05, 4.69) is 11.3 Å². The number of nitrogens with one attached hydrogen (secondary N) is 1. The van der Waals surface area contributed by atoms with Crippen molar-refractivity contribution >= 4 is 15.7 Å². The molecule has 1 aromatic carbocycles. The predicted octanol–water partition coefficient (Wildman–Crippen LogP) is 1.15. The Balaban J connectivity index is 2.72. The normalized spacial score (nSPS) is 11.1. The number of hydrogen-bond donors (Lipinski definition) is 2. The Kier molecular flexibility index (Phi) is 4.52. The molecule has 4 nitrogen and oxygen atoms in total. The topological polar surface area (TPSA) is 66.4 Å². The summed E-state index contributed by atoms with van der Waals surface area (Å²) in [6.07, 6.45) is 1.90. The molecule has 0 heterocycles. The van der Waals surface area contributed by atoms with Crippen LogP contribution in [0.2, 0.25) is 0 Å². The van der Waals surface area contributed by atoms with Crippen LogP contribution in [0.5, 0.6) is 0 Å². The summed E-state index contributed by atoms with van der Waals surface area (Å²) in [4.78, 5) is 0. The van der Waals surface area contributed by atoms with Crippen LogP contribution in [0.3, 0.4) is 0 Å². The van der Waals surface area contributed by atoms with E-state index in [1.807, 2.05) is 0 Å². The van der Waals surface area contributed by atoms with E-state index in [-0.39, 0.29) is 12.4 Å². The number of anilines is 1. The molecular weight excluding hydrogens is 226 g/mol. The first-order chi connectivity index (χ1) is 7.57. The molecule has 0 saturated heterocycles. The van der Waals surface area contributed by atoms with Gasteiger partial charge in [-0.05, 0) is 24.1 Å².